The molecule has 4 aliphatic heterocycles. The van der Waals surface area contributed by atoms with E-state index in [0.717, 1.165) is 37.7 Å². The van der Waals surface area contributed by atoms with Gasteiger partial charge in [0.05, 0.1) is 59.4 Å². The summed E-state index contributed by atoms with van der Waals surface area (Å²) in [6, 6.07) is 49.5. The van der Waals surface area contributed by atoms with Crippen LogP contribution in [0.25, 0.3) is 43.6 Å². The molecule has 8 aromatic rings. The van der Waals surface area contributed by atoms with Crippen LogP contribution in [-0.4, -0.2) is 71.5 Å². The van der Waals surface area contributed by atoms with Crippen molar-refractivity contribution in [3.63, 3.8) is 0 Å². The lowest BCUT2D eigenvalue weighted by Gasteiger charge is -2.37. The molecule has 0 N–H and O–H groups in total. The number of rotatable bonds is 10. The zero-order chi connectivity index (χ0) is 40.3. The van der Waals surface area contributed by atoms with E-state index in [1.54, 1.807) is 0 Å². The van der Waals surface area contributed by atoms with Gasteiger partial charge in [-0.3, -0.25) is 9.80 Å². The molecule has 2 aromatic heterocycles. The van der Waals surface area contributed by atoms with E-state index in [1.807, 2.05) is 0 Å². The number of para-hydroxylation sites is 2. The van der Waals surface area contributed by atoms with E-state index in [0.29, 0.717) is 26.4 Å². The number of aromatic nitrogens is 2. The molecule has 308 valence electrons. The van der Waals surface area contributed by atoms with Crippen LogP contribution in [0.4, 0.5) is 0 Å². The smallest absolute Gasteiger partial charge is 0.143 e. The number of benzene rings is 6. The average molecular weight is 807 g/mol. The molecule has 7 nitrogen and oxygen atoms in total. The highest BCUT2D eigenvalue weighted by molar-refractivity contribution is 6.13. The molecular formula is C54H54N4O3. The highest BCUT2D eigenvalue weighted by Gasteiger charge is 2.34. The van der Waals surface area contributed by atoms with Crippen molar-refractivity contribution in [2.24, 2.45) is 0 Å². The van der Waals surface area contributed by atoms with Gasteiger partial charge in [-0.05, 0) is 98.4 Å². The Morgan fingerprint density at radius 2 is 0.885 bits per heavy atom. The molecule has 6 aromatic carbocycles. The van der Waals surface area contributed by atoms with Gasteiger partial charge in [0.15, 0.2) is 0 Å². The average Bonchev–Trinajstić information content (AvgIpc) is 3.86. The lowest BCUT2D eigenvalue weighted by Crippen LogP contribution is -2.38. The van der Waals surface area contributed by atoms with E-state index in [9.17, 15) is 0 Å². The van der Waals surface area contributed by atoms with E-state index >= 15 is 0 Å². The van der Waals surface area contributed by atoms with Gasteiger partial charge in [-0.15, -0.1) is 0 Å². The van der Waals surface area contributed by atoms with Crippen molar-refractivity contribution < 1.29 is 14.2 Å². The van der Waals surface area contributed by atoms with Gasteiger partial charge in [0, 0.05) is 21.5 Å². The summed E-state index contributed by atoms with van der Waals surface area (Å²) >= 11 is 0. The Morgan fingerprint density at radius 1 is 0.459 bits per heavy atom. The van der Waals surface area contributed by atoms with Gasteiger partial charge >= 0.3 is 0 Å². The van der Waals surface area contributed by atoms with Gasteiger partial charge in [-0.1, -0.05) is 122 Å². The van der Waals surface area contributed by atoms with Crippen molar-refractivity contribution in [2.75, 3.05) is 52.6 Å². The number of ether oxygens (including phenoxy) is 3. The van der Waals surface area contributed by atoms with Crippen molar-refractivity contribution in [1.29, 1.82) is 0 Å². The predicted octanol–water partition coefficient (Wildman–Crippen LogP) is 11.6. The summed E-state index contributed by atoms with van der Waals surface area (Å²) in [5, 5.41) is 5.22. The Balaban J connectivity index is 0.949. The van der Waals surface area contributed by atoms with Gasteiger partial charge in [0.2, 0.25) is 0 Å². The summed E-state index contributed by atoms with van der Waals surface area (Å²) in [7, 11) is 0. The highest BCUT2D eigenvalue weighted by Crippen LogP contribution is 2.47. The van der Waals surface area contributed by atoms with E-state index < -0.39 is 0 Å². The van der Waals surface area contributed by atoms with Crippen molar-refractivity contribution in [2.45, 2.75) is 62.7 Å². The van der Waals surface area contributed by atoms with E-state index in [2.05, 4.69) is 152 Å². The van der Waals surface area contributed by atoms with Crippen molar-refractivity contribution >= 4 is 43.6 Å². The van der Waals surface area contributed by atoms with Crippen molar-refractivity contribution in [1.82, 2.24) is 18.9 Å². The maximum Gasteiger partial charge on any atom is 0.143 e. The summed E-state index contributed by atoms with van der Waals surface area (Å²) in [5.74, 6) is 1.95. The molecule has 4 aliphatic rings. The zero-order valence-corrected chi connectivity index (χ0v) is 34.9. The Hall–Kier alpha value is -5.60. The summed E-state index contributed by atoms with van der Waals surface area (Å²) in [4.78, 5) is 5.45. The Kier molecular flexibility index (Phi) is 9.57. The minimum absolute atomic E-state index is 0.102. The first-order valence-electron chi connectivity index (χ1n) is 22.8. The maximum absolute atomic E-state index is 7.27. The molecule has 4 atom stereocenters. The molecule has 0 amide bonds. The second-order valence-electron chi connectivity index (χ2n) is 17.8. The van der Waals surface area contributed by atoms with E-state index in [1.165, 1.54) is 104 Å². The molecule has 0 radical (unpaired) electrons. The first-order chi connectivity index (χ1) is 30.3. The van der Waals surface area contributed by atoms with Crippen LogP contribution in [0.1, 0.15) is 84.9 Å². The maximum atomic E-state index is 7.27. The monoisotopic (exact) mass is 806 g/mol. The fourth-order valence-corrected chi connectivity index (χ4v) is 11.6. The molecule has 0 spiro atoms. The molecule has 61 heavy (non-hydrogen) atoms. The number of likely N-dealkylation sites (tertiary alicyclic amines) is 2. The van der Waals surface area contributed by atoms with Crippen molar-refractivity contribution in [3.05, 3.63) is 156 Å². The van der Waals surface area contributed by atoms with Crippen LogP contribution < -0.4 is 9.47 Å². The molecule has 0 saturated carbocycles. The fourth-order valence-electron chi connectivity index (χ4n) is 11.6. The third-order valence-electron chi connectivity index (χ3n) is 14.4. The van der Waals surface area contributed by atoms with E-state index in [4.69, 9.17) is 14.2 Å². The largest absolute Gasteiger partial charge is 0.489 e. The molecule has 12 rings (SSSR count). The summed E-state index contributed by atoms with van der Waals surface area (Å²) in [6.07, 6.45) is 7.47. The van der Waals surface area contributed by atoms with Gasteiger partial charge in [-0.2, -0.15) is 0 Å². The molecule has 0 bridgehead atoms. The van der Waals surface area contributed by atoms with Crippen LogP contribution >= 0.6 is 0 Å². The fraction of sp³-hybridized carbons (Fsp3) is 0.333. The Bertz CT molecular complexity index is 2660. The van der Waals surface area contributed by atoms with E-state index in [-0.39, 0.29) is 24.2 Å². The van der Waals surface area contributed by atoms with Crippen LogP contribution in [0.3, 0.4) is 0 Å². The minimum atomic E-state index is 0.102. The second kappa shape index (κ2) is 15.7. The Labute approximate surface area is 358 Å². The predicted molar refractivity (Wildman–Crippen MR) is 246 cm³/mol. The number of fused-ring (bicyclic) bond motifs is 6. The summed E-state index contributed by atoms with van der Waals surface area (Å²) in [6.45, 7) is 6.87. The third-order valence-corrected chi connectivity index (χ3v) is 14.4. The molecule has 4 unspecified atom stereocenters. The van der Waals surface area contributed by atoms with Crippen LogP contribution in [0.5, 0.6) is 11.5 Å². The number of nitrogens with zero attached hydrogens (tertiary/aromatic N) is 4. The van der Waals surface area contributed by atoms with Gasteiger partial charge in [0.25, 0.3) is 0 Å². The lowest BCUT2D eigenvalue weighted by atomic mass is 9.96. The summed E-state index contributed by atoms with van der Waals surface area (Å²) < 4.78 is 25.5. The lowest BCUT2D eigenvalue weighted by molar-refractivity contribution is 0.0120. The van der Waals surface area contributed by atoms with Crippen LogP contribution in [0.15, 0.2) is 133 Å². The van der Waals surface area contributed by atoms with Crippen LogP contribution in [0, 0.1) is 0 Å². The topological polar surface area (TPSA) is 44.0 Å². The Morgan fingerprint density at radius 3 is 1.33 bits per heavy atom. The molecule has 2 fully saturated rings. The van der Waals surface area contributed by atoms with Gasteiger partial charge in [-0.25, -0.2) is 0 Å². The summed E-state index contributed by atoms with van der Waals surface area (Å²) in [5.41, 5.74) is 10.3. The van der Waals surface area contributed by atoms with Gasteiger partial charge in [0.1, 0.15) is 24.7 Å². The molecule has 0 aliphatic carbocycles. The molecule has 6 heterocycles. The molecule has 7 heteroatoms. The normalized spacial score (nSPS) is 20.5. The van der Waals surface area contributed by atoms with Crippen molar-refractivity contribution in [3.8, 4) is 11.5 Å². The molecule has 2 saturated heterocycles. The number of hydrogen-bond acceptors (Lipinski definition) is 5. The first kappa shape index (κ1) is 37.2. The first-order valence-corrected chi connectivity index (χ1v) is 22.8. The van der Waals surface area contributed by atoms with Gasteiger partial charge < -0.3 is 23.3 Å². The second-order valence-corrected chi connectivity index (χ2v) is 17.8. The molecular weight excluding hydrogens is 753 g/mol. The number of piperidine rings is 2. The third kappa shape index (κ3) is 6.27. The number of hydrogen-bond donors (Lipinski definition) is 0. The van der Waals surface area contributed by atoms with Crippen LogP contribution in [-0.2, 0) is 4.74 Å². The standard InChI is InChI=1S/C54H54N4O3/c1-5-17-37(18-6-1)45-35-60-49-27-15-23-41-51-39(21-13-25-43(51)57(45)53(41)49)47(55-29-9-3-10-30-55)33-59-34-48(56-31-11-4-12-32-56)40-22-14-26-44-52(40)42-24-16-28-50-54(42)58(44)46(36-61-50)38-19-7-2-8-20-38/h1-2,5-8,13-28,45-48H,3-4,9-12,29-36H2. The van der Waals surface area contributed by atoms with Crippen LogP contribution in [0.2, 0.25) is 0 Å². The SMILES string of the molecule is c1ccc(C2COc3cccc4c5c(C(COCC(c6cccc7c6c6cccc8c6n7C(c6ccccc6)CO8)N6CCCCC6)N6CCCCC6)cccc5n2c34)cc1. The minimum Gasteiger partial charge on any atom is -0.489 e. The highest BCUT2D eigenvalue weighted by atomic mass is 16.5. The quantitative estimate of drug-likeness (QED) is 0.138. The zero-order valence-electron chi connectivity index (χ0n) is 34.9.